The number of thioether (sulfide) groups is 1. The second-order valence-electron chi connectivity index (χ2n) is 14.7. The number of esters is 1. The van der Waals surface area contributed by atoms with E-state index < -0.39 is 59.4 Å². The third-order valence-corrected chi connectivity index (χ3v) is 12.4. The molecule has 0 aliphatic carbocycles. The number of hydrogen-bond acceptors (Lipinski definition) is 20. The van der Waals surface area contributed by atoms with Gasteiger partial charge in [0, 0.05) is 36.7 Å². The Kier molecular flexibility index (Phi) is 23.0. The van der Waals surface area contributed by atoms with Crippen LogP contribution >= 0.6 is 11.8 Å². The molecule has 25 heteroatoms. The largest absolute Gasteiger partial charge is 0.469 e. The second kappa shape index (κ2) is 26.1. The lowest BCUT2D eigenvalue weighted by Crippen LogP contribution is -2.42. The van der Waals surface area contributed by atoms with Crippen LogP contribution < -0.4 is 10.6 Å². The Morgan fingerprint density at radius 3 is 1.72 bits per heavy atom. The van der Waals surface area contributed by atoms with Crippen LogP contribution in [0.25, 0.3) is 0 Å². The number of methoxy groups -OCH3 is 1. The van der Waals surface area contributed by atoms with Gasteiger partial charge in [-0.05, 0) is 38.5 Å². The van der Waals surface area contributed by atoms with Gasteiger partial charge in [0.05, 0.1) is 43.1 Å². The molecule has 0 aromatic carbocycles. The first-order valence-electron chi connectivity index (χ1n) is 19.3. The summed E-state index contributed by atoms with van der Waals surface area (Å²) in [4.78, 5) is 85.9. The van der Waals surface area contributed by atoms with E-state index in [1.807, 2.05) is 13.8 Å². The molecule has 6 rings (SSSR count). The Morgan fingerprint density at radius 1 is 0.891 bits per heavy atom. The molecule has 5 N–H and O–H groups in total. The van der Waals surface area contributed by atoms with E-state index in [0.29, 0.717) is 5.82 Å². The summed E-state index contributed by atoms with van der Waals surface area (Å²) in [6, 6.07) is 0. The van der Waals surface area contributed by atoms with Crippen LogP contribution in [0.2, 0.25) is 0 Å². The number of aryl methyl sites for hydroxylation is 1. The highest BCUT2D eigenvalue weighted by Gasteiger charge is 2.53. The van der Waals surface area contributed by atoms with Crippen LogP contribution in [0.3, 0.4) is 0 Å². The SMILES string of the molecule is C=C1NC(=O)C(F)=CN1[C@@H]1C[C@@](C)(CC)[C@H](CC)O1.C=C1NC(=O)C(F)=CN1[C@H]1C[C@](C)(C(=O)OC)[C@@H](CO)O1.CC[C@@H]1S[C@H](n2cc(C)nn2)[C@@H](O)C1O.O=C=O.O=C=O.O=C=O. The zero-order valence-electron chi connectivity index (χ0n) is 36.1. The van der Waals surface area contributed by atoms with Gasteiger partial charge in [-0.15, -0.1) is 16.9 Å². The minimum Gasteiger partial charge on any atom is -0.469 e. The number of rotatable bonds is 8. The number of halogens is 2. The molecule has 64 heavy (non-hydrogen) atoms. The van der Waals surface area contributed by atoms with E-state index in [-0.39, 0.29) is 65.7 Å². The zero-order valence-corrected chi connectivity index (χ0v) is 37.0. The van der Waals surface area contributed by atoms with Crippen molar-refractivity contribution in [3.8, 4) is 0 Å². The molecule has 5 aliphatic rings. The molecule has 2 amide bonds. The zero-order chi connectivity index (χ0) is 49.1. The van der Waals surface area contributed by atoms with E-state index in [4.69, 9.17) is 43.0 Å². The van der Waals surface area contributed by atoms with Gasteiger partial charge in [0.25, 0.3) is 11.8 Å². The van der Waals surface area contributed by atoms with E-state index in [1.165, 1.54) is 18.2 Å². The molecule has 1 aromatic rings. The number of carbonyl (C=O) groups is 3. The van der Waals surface area contributed by atoms with Crippen molar-refractivity contribution in [2.75, 3.05) is 13.7 Å². The van der Waals surface area contributed by atoms with E-state index in [9.17, 15) is 38.5 Å². The van der Waals surface area contributed by atoms with Crippen LogP contribution in [-0.2, 0) is 57.4 Å². The molecule has 1 unspecified atom stereocenters. The van der Waals surface area contributed by atoms with Crippen molar-refractivity contribution in [3.05, 3.63) is 60.7 Å². The maximum atomic E-state index is 13.4. The molecule has 3 fully saturated rings. The summed E-state index contributed by atoms with van der Waals surface area (Å²) in [5, 5.41) is 41.3. The highest BCUT2D eigenvalue weighted by molar-refractivity contribution is 8.00. The Balaban J connectivity index is 0.000000442. The molecule has 354 valence electrons. The number of nitrogens with zero attached hydrogens (tertiary/aromatic N) is 5. The number of nitrogens with one attached hydrogen (secondary N) is 2. The van der Waals surface area contributed by atoms with Crippen molar-refractivity contribution >= 4 is 48.0 Å². The standard InChI is InChI=1S/C14H21FN2O2.C13H17FN2O5.C9H15N3O2S.3CO2/c1-5-11-14(4,6-2)7-12(19-11)17-8-10(15)13(18)16-9(17)3;1-7-15-11(18)8(14)5-16(7)10-4-13(2,12(19)20-3)9(6-17)21-10;1-3-6-7(13)8(14)9(15-6)12-4-5(2)10-11-12;3*2-1-3/h8,11-12H,3,5-7H2,1-2,4H3,(H,16,18);5,9-10,17H,1,4,6H2,2-3H3,(H,15,18);4,6-9,13-14H,3H2,1-2H3;;;/t11-,12-,14+;9-,10-,13+;6-,7?,8-,9-;;;/m010.../s1. The minimum absolute atomic E-state index is 0.0749. The van der Waals surface area contributed by atoms with Gasteiger partial charge >= 0.3 is 24.4 Å². The lowest BCUT2D eigenvalue weighted by Gasteiger charge is -2.31. The number of aliphatic hydroxyl groups is 3. The summed E-state index contributed by atoms with van der Waals surface area (Å²) in [6.07, 6.45) is 5.28. The summed E-state index contributed by atoms with van der Waals surface area (Å²) >= 11 is 1.55. The smallest absolute Gasteiger partial charge is 0.373 e. The number of carbonyl (C=O) groups excluding carboxylic acids is 9. The van der Waals surface area contributed by atoms with Crippen LogP contribution in [0.4, 0.5) is 8.78 Å². The summed E-state index contributed by atoms with van der Waals surface area (Å²) in [5.41, 5.74) is -0.177. The molecular formula is C39H53F2N7O15S. The lowest BCUT2D eigenvalue weighted by atomic mass is 9.79. The normalized spacial score (nSPS) is 30.1. The lowest BCUT2D eigenvalue weighted by molar-refractivity contribution is -0.193. The quantitative estimate of drug-likeness (QED) is 0.229. The third kappa shape index (κ3) is 14.1. The van der Waals surface area contributed by atoms with E-state index in [1.54, 1.807) is 34.5 Å². The molecule has 0 bridgehead atoms. The first kappa shape index (κ1) is 56.3. The van der Waals surface area contributed by atoms with Gasteiger partial charge in [-0.1, -0.05) is 46.1 Å². The van der Waals surface area contributed by atoms with Crippen molar-refractivity contribution in [2.45, 2.75) is 121 Å². The monoisotopic (exact) mass is 929 g/mol. The fourth-order valence-corrected chi connectivity index (χ4v) is 8.53. The first-order valence-corrected chi connectivity index (χ1v) is 20.3. The van der Waals surface area contributed by atoms with Gasteiger partial charge in [-0.3, -0.25) is 14.4 Å². The average Bonchev–Trinajstić information content (AvgIpc) is 4.01. The first-order chi connectivity index (χ1) is 30.1. The molecule has 0 saturated carbocycles. The number of aliphatic hydroxyl groups excluding tert-OH is 3. The molecular weight excluding hydrogens is 877 g/mol. The summed E-state index contributed by atoms with van der Waals surface area (Å²) in [6.45, 7) is 18.8. The highest BCUT2D eigenvalue weighted by Crippen LogP contribution is 2.45. The molecule has 0 radical (unpaired) electrons. The molecule has 6 heterocycles. The van der Waals surface area contributed by atoms with Gasteiger partial charge in [-0.25, -0.2) is 4.68 Å². The average molecular weight is 930 g/mol. The molecule has 22 nitrogen and oxygen atoms in total. The van der Waals surface area contributed by atoms with Crippen LogP contribution in [0.15, 0.2) is 55.1 Å². The highest BCUT2D eigenvalue weighted by atomic mass is 32.2. The van der Waals surface area contributed by atoms with Crippen LogP contribution in [0.1, 0.15) is 77.8 Å². The fourth-order valence-electron chi connectivity index (χ4n) is 7.11. The molecule has 0 spiro atoms. The third-order valence-electron chi connectivity index (χ3n) is 10.7. The van der Waals surface area contributed by atoms with Gasteiger partial charge in [0.1, 0.15) is 35.6 Å². The van der Waals surface area contributed by atoms with Crippen molar-refractivity contribution in [1.29, 1.82) is 0 Å². The second-order valence-corrected chi connectivity index (χ2v) is 16.0. The number of hydrogen-bond donors (Lipinski definition) is 5. The molecule has 10 atom stereocenters. The van der Waals surface area contributed by atoms with Crippen molar-refractivity contribution in [3.63, 3.8) is 0 Å². The van der Waals surface area contributed by atoms with Crippen LogP contribution in [-0.4, -0.2) is 132 Å². The van der Waals surface area contributed by atoms with Crippen LogP contribution in [0.5, 0.6) is 0 Å². The van der Waals surface area contributed by atoms with Gasteiger partial charge in [-0.2, -0.15) is 37.5 Å². The number of ether oxygens (including phenoxy) is 3. The maximum absolute atomic E-state index is 13.4. The van der Waals surface area contributed by atoms with E-state index in [0.717, 1.165) is 37.6 Å². The van der Waals surface area contributed by atoms with E-state index >= 15 is 0 Å². The summed E-state index contributed by atoms with van der Waals surface area (Å²) < 4.78 is 44.8. The van der Waals surface area contributed by atoms with Crippen molar-refractivity contribution in [1.82, 2.24) is 35.4 Å². The Labute approximate surface area is 370 Å². The van der Waals surface area contributed by atoms with Crippen molar-refractivity contribution in [2.24, 2.45) is 10.8 Å². The fraction of sp³-hybridized carbons (Fsp3) is 0.590. The minimum atomic E-state index is -1.07. The van der Waals surface area contributed by atoms with Gasteiger partial charge < -0.3 is 50.0 Å². The van der Waals surface area contributed by atoms with Crippen molar-refractivity contribution < 1.29 is 81.5 Å². The maximum Gasteiger partial charge on any atom is 0.373 e. The van der Waals surface area contributed by atoms with Gasteiger partial charge in [0.15, 0.2) is 0 Å². The molecule has 1 aromatic heterocycles. The molecule has 5 aliphatic heterocycles. The van der Waals surface area contributed by atoms with E-state index in [2.05, 4.69) is 54.9 Å². The Hall–Kier alpha value is -5.74. The number of amides is 2. The predicted molar refractivity (Wildman–Crippen MR) is 212 cm³/mol. The topological polar surface area (TPSA) is 303 Å². The summed E-state index contributed by atoms with van der Waals surface area (Å²) in [7, 11) is 1.25. The Bertz CT molecular complexity index is 1940. The van der Waals surface area contributed by atoms with Crippen LogP contribution in [0, 0.1) is 17.8 Å². The summed E-state index contributed by atoms with van der Waals surface area (Å²) in [5.74, 6) is -3.45. The van der Waals surface area contributed by atoms with Gasteiger partial charge in [0.2, 0.25) is 11.7 Å². The molecule has 3 saturated heterocycles. The predicted octanol–water partition coefficient (Wildman–Crippen LogP) is 1.21. The Morgan fingerprint density at radius 2 is 1.36 bits per heavy atom. The number of aromatic nitrogens is 3.